The van der Waals surface area contributed by atoms with E-state index in [0.29, 0.717) is 11.2 Å². The van der Waals surface area contributed by atoms with Crippen LogP contribution < -0.4 is 10.7 Å². The highest BCUT2D eigenvalue weighted by Gasteiger charge is 2.52. The molecule has 2 fully saturated rings. The van der Waals surface area contributed by atoms with Gasteiger partial charge in [0.05, 0.1) is 6.21 Å². The molecule has 0 aliphatic heterocycles. The average Bonchev–Trinajstić information content (AvgIpc) is 3.20. The van der Waals surface area contributed by atoms with Crippen LogP contribution >= 0.6 is 12.2 Å². The number of allylic oxidation sites excluding steroid dienone is 2. The van der Waals surface area contributed by atoms with E-state index >= 15 is 0 Å². The zero-order valence-electron chi connectivity index (χ0n) is 12.4. The highest BCUT2D eigenvalue weighted by Crippen LogP contribution is 2.56. The second kappa shape index (κ2) is 5.80. The number of thiocarbonyl (C=S) groups is 1. The first-order valence-electron chi connectivity index (χ1n) is 7.97. The first-order valence-corrected chi connectivity index (χ1v) is 8.38. The summed E-state index contributed by atoms with van der Waals surface area (Å²) in [6.45, 7) is 0. The molecule has 4 rings (SSSR count). The molecule has 2 N–H and O–H groups in total. The van der Waals surface area contributed by atoms with E-state index in [1.807, 2.05) is 12.1 Å². The molecule has 4 nitrogen and oxygen atoms in total. The molecule has 5 heteroatoms. The van der Waals surface area contributed by atoms with Crippen molar-refractivity contribution in [2.45, 2.75) is 25.3 Å². The third kappa shape index (κ3) is 2.54. The summed E-state index contributed by atoms with van der Waals surface area (Å²) in [5.41, 5.74) is 3.88. The highest BCUT2D eigenvalue weighted by molar-refractivity contribution is 7.80. The Balaban J connectivity index is 1.30. The van der Waals surface area contributed by atoms with E-state index in [9.17, 15) is 0 Å². The van der Waals surface area contributed by atoms with Gasteiger partial charge in [-0.15, -0.1) is 0 Å². The Kier molecular flexibility index (Phi) is 3.66. The van der Waals surface area contributed by atoms with Crippen LogP contribution in [0.5, 0.6) is 0 Å². The maximum Gasteiger partial charge on any atom is 0.187 e. The van der Waals surface area contributed by atoms with Gasteiger partial charge in [0.2, 0.25) is 0 Å². The maximum atomic E-state index is 5.37. The maximum absolute atomic E-state index is 5.37. The third-order valence-corrected chi connectivity index (χ3v) is 5.60. The van der Waals surface area contributed by atoms with Crippen LogP contribution in [0.3, 0.4) is 0 Å². The SMILES string of the molecule is S=C(N/N=C\c1cccnc1)N[C@@H]1C[C@H]2C[C@H]1[C@H]1C=CC[C@@H]21. The van der Waals surface area contributed by atoms with Gasteiger partial charge in [0.15, 0.2) is 5.11 Å². The van der Waals surface area contributed by atoms with E-state index in [2.05, 4.69) is 33.0 Å². The molecule has 2 saturated carbocycles. The Morgan fingerprint density at radius 1 is 1.36 bits per heavy atom. The molecule has 0 amide bonds. The minimum Gasteiger partial charge on any atom is -0.358 e. The summed E-state index contributed by atoms with van der Waals surface area (Å²) >= 11 is 5.37. The predicted octanol–water partition coefficient (Wildman–Crippen LogP) is 2.48. The number of pyridine rings is 1. The first kappa shape index (κ1) is 13.9. The van der Waals surface area contributed by atoms with Crippen LogP contribution in [0.15, 0.2) is 41.8 Å². The zero-order valence-corrected chi connectivity index (χ0v) is 13.2. The molecular formula is C17H20N4S. The lowest BCUT2D eigenvalue weighted by atomic mass is 9.79. The Labute approximate surface area is 136 Å². The molecule has 0 aromatic carbocycles. The van der Waals surface area contributed by atoms with E-state index in [1.165, 1.54) is 19.3 Å². The zero-order chi connectivity index (χ0) is 14.9. The number of aromatic nitrogens is 1. The number of hydrogen-bond donors (Lipinski definition) is 2. The molecule has 1 heterocycles. The molecule has 114 valence electrons. The number of hydrogen-bond acceptors (Lipinski definition) is 3. The molecular weight excluding hydrogens is 292 g/mol. The summed E-state index contributed by atoms with van der Waals surface area (Å²) in [7, 11) is 0. The van der Waals surface area contributed by atoms with Gasteiger partial charge in [0.1, 0.15) is 0 Å². The van der Waals surface area contributed by atoms with Gasteiger partial charge in [-0.3, -0.25) is 10.4 Å². The monoisotopic (exact) mass is 312 g/mol. The van der Waals surface area contributed by atoms with Gasteiger partial charge in [0, 0.05) is 24.0 Å². The molecule has 22 heavy (non-hydrogen) atoms. The van der Waals surface area contributed by atoms with Crippen molar-refractivity contribution in [3.63, 3.8) is 0 Å². The lowest BCUT2D eigenvalue weighted by molar-refractivity contribution is 0.246. The van der Waals surface area contributed by atoms with Crippen molar-refractivity contribution in [2.24, 2.45) is 28.8 Å². The summed E-state index contributed by atoms with van der Waals surface area (Å²) in [5, 5.41) is 8.27. The van der Waals surface area contributed by atoms with Crippen molar-refractivity contribution in [1.29, 1.82) is 0 Å². The van der Waals surface area contributed by atoms with Crippen LogP contribution in [0.1, 0.15) is 24.8 Å². The number of fused-ring (bicyclic) bond motifs is 5. The molecule has 5 atom stereocenters. The minimum absolute atomic E-state index is 0.502. The van der Waals surface area contributed by atoms with E-state index in [1.54, 1.807) is 18.6 Å². The van der Waals surface area contributed by atoms with Crippen LogP contribution in [0, 0.1) is 23.7 Å². The Hall–Kier alpha value is -1.75. The molecule has 1 aromatic heterocycles. The Morgan fingerprint density at radius 2 is 2.32 bits per heavy atom. The second-order valence-corrected chi connectivity index (χ2v) is 6.94. The lowest BCUT2D eigenvalue weighted by Gasteiger charge is -2.32. The summed E-state index contributed by atoms with van der Waals surface area (Å²) in [6, 6.07) is 4.35. The van der Waals surface area contributed by atoms with Crippen molar-refractivity contribution in [3.05, 3.63) is 42.2 Å². The predicted molar refractivity (Wildman–Crippen MR) is 91.4 cm³/mol. The van der Waals surface area contributed by atoms with Gasteiger partial charge >= 0.3 is 0 Å². The molecule has 0 unspecified atom stereocenters. The molecule has 1 aromatic rings. The summed E-state index contributed by atoms with van der Waals surface area (Å²) in [6.07, 6.45) is 13.9. The first-order chi connectivity index (χ1) is 10.8. The van der Waals surface area contributed by atoms with Gasteiger partial charge in [-0.1, -0.05) is 18.2 Å². The Morgan fingerprint density at radius 3 is 3.18 bits per heavy atom. The van der Waals surface area contributed by atoms with Gasteiger partial charge in [-0.05, 0) is 61.2 Å². The standard InChI is InChI=1S/C17H20N4S/c22-17(21-19-10-11-3-2-6-18-9-11)20-16-8-12-7-15(16)14-5-1-4-13(12)14/h1-3,5-6,9-10,12-16H,4,7-8H2,(H2,20,21,22)/b19-10-/t12-,13+,14+,15+,16-/m1/s1. The number of hydrazone groups is 1. The van der Waals surface area contributed by atoms with E-state index in [0.717, 1.165) is 29.2 Å². The van der Waals surface area contributed by atoms with E-state index < -0.39 is 0 Å². The highest BCUT2D eigenvalue weighted by atomic mass is 32.1. The summed E-state index contributed by atoms with van der Waals surface area (Å²) in [4.78, 5) is 4.05. The van der Waals surface area contributed by atoms with Crippen molar-refractivity contribution in [3.8, 4) is 0 Å². The van der Waals surface area contributed by atoms with E-state index in [-0.39, 0.29) is 0 Å². The Bertz CT molecular complexity index is 612. The summed E-state index contributed by atoms with van der Waals surface area (Å²) < 4.78 is 0. The third-order valence-electron chi connectivity index (χ3n) is 5.39. The summed E-state index contributed by atoms with van der Waals surface area (Å²) in [5.74, 6) is 3.31. The van der Waals surface area contributed by atoms with Crippen LogP contribution in [-0.4, -0.2) is 22.4 Å². The van der Waals surface area contributed by atoms with Crippen LogP contribution in [0.4, 0.5) is 0 Å². The average molecular weight is 312 g/mol. The topological polar surface area (TPSA) is 49.3 Å². The van der Waals surface area contributed by atoms with Gasteiger partial charge in [-0.25, -0.2) is 0 Å². The molecule has 3 aliphatic carbocycles. The quantitative estimate of drug-likeness (QED) is 0.390. The minimum atomic E-state index is 0.502. The van der Waals surface area contributed by atoms with Crippen LogP contribution in [-0.2, 0) is 0 Å². The van der Waals surface area contributed by atoms with Crippen molar-refractivity contribution < 1.29 is 0 Å². The second-order valence-electron chi connectivity index (χ2n) is 6.54. The lowest BCUT2D eigenvalue weighted by Crippen LogP contribution is -2.45. The normalized spacial score (nSPS) is 35.0. The number of nitrogens with zero attached hydrogens (tertiary/aromatic N) is 2. The molecule has 0 spiro atoms. The molecule has 0 saturated heterocycles. The van der Waals surface area contributed by atoms with Crippen LogP contribution in [0.2, 0.25) is 0 Å². The van der Waals surface area contributed by atoms with Gasteiger partial charge in [0.25, 0.3) is 0 Å². The van der Waals surface area contributed by atoms with Crippen LogP contribution in [0.25, 0.3) is 0 Å². The fourth-order valence-electron chi connectivity index (χ4n) is 4.53. The number of nitrogens with one attached hydrogen (secondary N) is 2. The molecule has 2 bridgehead atoms. The van der Waals surface area contributed by atoms with Gasteiger partial charge < -0.3 is 5.32 Å². The van der Waals surface area contributed by atoms with Gasteiger partial charge in [-0.2, -0.15) is 5.10 Å². The molecule has 0 radical (unpaired) electrons. The van der Waals surface area contributed by atoms with Crippen molar-refractivity contribution in [1.82, 2.24) is 15.7 Å². The van der Waals surface area contributed by atoms with Crippen molar-refractivity contribution in [2.75, 3.05) is 0 Å². The number of rotatable bonds is 3. The van der Waals surface area contributed by atoms with Crippen molar-refractivity contribution >= 4 is 23.5 Å². The fourth-order valence-corrected chi connectivity index (χ4v) is 4.73. The molecule has 3 aliphatic rings. The largest absolute Gasteiger partial charge is 0.358 e. The smallest absolute Gasteiger partial charge is 0.187 e. The fraction of sp³-hybridized carbons (Fsp3) is 0.471. The van der Waals surface area contributed by atoms with E-state index in [4.69, 9.17) is 12.2 Å².